The fourth-order valence-corrected chi connectivity index (χ4v) is 4.29. The van der Waals surface area contributed by atoms with E-state index < -0.39 is 0 Å². The van der Waals surface area contributed by atoms with Gasteiger partial charge >= 0.3 is 0 Å². The molecule has 0 amide bonds. The molecule has 1 aromatic carbocycles. The zero-order chi connectivity index (χ0) is 15.0. The molecule has 0 radical (unpaired) electrons. The molecule has 0 aliphatic carbocycles. The SMILES string of the molecule is Cc1cc(C)cc(C(N)CCN2C3CCC2CC(O)C3)c1. The molecule has 2 aliphatic heterocycles. The van der Waals surface area contributed by atoms with Crippen LogP contribution in [0.3, 0.4) is 0 Å². The molecule has 2 bridgehead atoms. The molecule has 2 aliphatic rings. The molecular weight excluding hydrogens is 260 g/mol. The lowest BCUT2D eigenvalue weighted by Crippen LogP contribution is -2.45. The number of aliphatic hydroxyl groups excluding tert-OH is 1. The summed E-state index contributed by atoms with van der Waals surface area (Å²) in [7, 11) is 0. The number of piperidine rings is 1. The van der Waals surface area contributed by atoms with Crippen LogP contribution in [-0.4, -0.2) is 34.7 Å². The van der Waals surface area contributed by atoms with Crippen LogP contribution in [0.2, 0.25) is 0 Å². The molecule has 3 N–H and O–H groups in total. The lowest BCUT2D eigenvalue weighted by Gasteiger charge is -2.37. The van der Waals surface area contributed by atoms with Crippen LogP contribution >= 0.6 is 0 Å². The zero-order valence-corrected chi connectivity index (χ0v) is 13.3. The number of hydrogen-bond donors (Lipinski definition) is 2. The summed E-state index contributed by atoms with van der Waals surface area (Å²) in [6.45, 7) is 5.33. The summed E-state index contributed by atoms with van der Waals surface area (Å²) < 4.78 is 0. The fourth-order valence-electron chi connectivity index (χ4n) is 4.29. The number of aliphatic hydroxyl groups is 1. The lowest BCUT2D eigenvalue weighted by molar-refractivity contribution is 0.0340. The Morgan fingerprint density at radius 2 is 1.71 bits per heavy atom. The van der Waals surface area contributed by atoms with E-state index in [1.165, 1.54) is 29.5 Å². The molecule has 2 fully saturated rings. The van der Waals surface area contributed by atoms with Gasteiger partial charge in [0.15, 0.2) is 0 Å². The Morgan fingerprint density at radius 3 is 2.29 bits per heavy atom. The first-order valence-corrected chi connectivity index (χ1v) is 8.30. The summed E-state index contributed by atoms with van der Waals surface area (Å²) >= 11 is 0. The van der Waals surface area contributed by atoms with Crippen molar-refractivity contribution in [2.75, 3.05) is 6.54 Å². The highest BCUT2D eigenvalue weighted by Gasteiger charge is 2.39. The van der Waals surface area contributed by atoms with Crippen LogP contribution in [0.15, 0.2) is 18.2 Å². The average molecular weight is 288 g/mol. The zero-order valence-electron chi connectivity index (χ0n) is 13.3. The van der Waals surface area contributed by atoms with E-state index in [-0.39, 0.29) is 12.1 Å². The van der Waals surface area contributed by atoms with Crippen molar-refractivity contribution in [1.82, 2.24) is 4.90 Å². The summed E-state index contributed by atoms with van der Waals surface area (Å²) in [5.74, 6) is 0. The van der Waals surface area contributed by atoms with Gasteiger partial charge in [-0.1, -0.05) is 29.3 Å². The van der Waals surface area contributed by atoms with Gasteiger partial charge in [-0.05, 0) is 51.5 Å². The normalized spacial score (nSPS) is 30.6. The van der Waals surface area contributed by atoms with Gasteiger partial charge in [-0.2, -0.15) is 0 Å². The van der Waals surface area contributed by atoms with Crippen LogP contribution < -0.4 is 5.73 Å². The van der Waals surface area contributed by atoms with Crippen molar-refractivity contribution in [2.45, 2.75) is 70.2 Å². The van der Waals surface area contributed by atoms with E-state index in [1.807, 2.05) is 0 Å². The number of aryl methyl sites for hydroxylation is 2. The summed E-state index contributed by atoms with van der Waals surface area (Å²) in [6.07, 6.45) is 5.34. The van der Waals surface area contributed by atoms with E-state index in [0.717, 1.165) is 25.8 Å². The third-order valence-corrected chi connectivity index (χ3v) is 5.23. The highest BCUT2D eigenvalue weighted by atomic mass is 16.3. The Morgan fingerprint density at radius 1 is 1.14 bits per heavy atom. The van der Waals surface area contributed by atoms with E-state index in [0.29, 0.717) is 12.1 Å². The van der Waals surface area contributed by atoms with Gasteiger partial charge in [0.2, 0.25) is 0 Å². The topological polar surface area (TPSA) is 49.5 Å². The second-order valence-corrected chi connectivity index (χ2v) is 7.06. The van der Waals surface area contributed by atoms with E-state index in [1.54, 1.807) is 0 Å². The van der Waals surface area contributed by atoms with Gasteiger partial charge in [0.05, 0.1) is 6.10 Å². The van der Waals surface area contributed by atoms with Crippen molar-refractivity contribution in [3.8, 4) is 0 Å². The molecule has 2 saturated heterocycles. The fraction of sp³-hybridized carbons (Fsp3) is 0.667. The molecule has 3 unspecified atom stereocenters. The van der Waals surface area contributed by atoms with Crippen molar-refractivity contribution in [3.63, 3.8) is 0 Å². The maximum absolute atomic E-state index is 9.87. The highest BCUT2D eigenvalue weighted by Crippen LogP contribution is 2.36. The number of benzene rings is 1. The van der Waals surface area contributed by atoms with Crippen molar-refractivity contribution >= 4 is 0 Å². The Labute approximate surface area is 128 Å². The molecule has 3 rings (SSSR count). The highest BCUT2D eigenvalue weighted by molar-refractivity contribution is 5.30. The predicted octanol–water partition coefficient (Wildman–Crippen LogP) is 2.68. The minimum Gasteiger partial charge on any atom is -0.393 e. The van der Waals surface area contributed by atoms with Gasteiger partial charge < -0.3 is 10.8 Å². The van der Waals surface area contributed by atoms with Crippen molar-refractivity contribution in [3.05, 3.63) is 34.9 Å². The Balaban J connectivity index is 1.60. The molecule has 0 spiro atoms. The van der Waals surface area contributed by atoms with E-state index >= 15 is 0 Å². The Kier molecular flexibility index (Phi) is 4.34. The Bertz CT molecular complexity index is 468. The van der Waals surface area contributed by atoms with Gasteiger partial charge in [0.1, 0.15) is 0 Å². The summed E-state index contributed by atoms with van der Waals surface area (Å²) in [4.78, 5) is 2.61. The molecule has 0 saturated carbocycles. The van der Waals surface area contributed by atoms with Crippen LogP contribution in [0.5, 0.6) is 0 Å². The molecule has 2 heterocycles. The quantitative estimate of drug-likeness (QED) is 0.895. The molecule has 116 valence electrons. The maximum Gasteiger partial charge on any atom is 0.0570 e. The van der Waals surface area contributed by atoms with Gasteiger partial charge in [-0.15, -0.1) is 0 Å². The predicted molar refractivity (Wildman–Crippen MR) is 86.2 cm³/mol. The van der Waals surface area contributed by atoms with E-state index in [4.69, 9.17) is 5.73 Å². The van der Waals surface area contributed by atoms with Crippen LogP contribution in [0, 0.1) is 13.8 Å². The van der Waals surface area contributed by atoms with Gasteiger partial charge in [-0.3, -0.25) is 4.90 Å². The maximum atomic E-state index is 9.87. The van der Waals surface area contributed by atoms with Crippen LogP contribution in [0.25, 0.3) is 0 Å². The van der Waals surface area contributed by atoms with E-state index in [2.05, 4.69) is 36.9 Å². The molecule has 0 aromatic heterocycles. The third kappa shape index (κ3) is 3.31. The number of hydrogen-bond acceptors (Lipinski definition) is 3. The monoisotopic (exact) mass is 288 g/mol. The molecule has 3 nitrogen and oxygen atoms in total. The summed E-state index contributed by atoms with van der Waals surface area (Å²) in [5.41, 5.74) is 10.3. The van der Waals surface area contributed by atoms with Crippen LogP contribution in [0.4, 0.5) is 0 Å². The summed E-state index contributed by atoms with van der Waals surface area (Å²) in [5, 5.41) is 9.87. The lowest BCUT2D eigenvalue weighted by atomic mass is 9.97. The third-order valence-electron chi connectivity index (χ3n) is 5.23. The first-order chi connectivity index (χ1) is 10.0. The van der Waals surface area contributed by atoms with Gasteiger partial charge in [0, 0.05) is 24.7 Å². The number of fused-ring (bicyclic) bond motifs is 2. The molecule has 21 heavy (non-hydrogen) atoms. The largest absolute Gasteiger partial charge is 0.393 e. The number of nitrogens with two attached hydrogens (primary N) is 1. The second-order valence-electron chi connectivity index (χ2n) is 7.06. The van der Waals surface area contributed by atoms with Gasteiger partial charge in [0.25, 0.3) is 0 Å². The minimum absolute atomic E-state index is 0.0770. The van der Waals surface area contributed by atoms with Gasteiger partial charge in [-0.25, -0.2) is 0 Å². The number of nitrogens with zero attached hydrogens (tertiary/aromatic N) is 1. The van der Waals surface area contributed by atoms with Crippen molar-refractivity contribution in [2.24, 2.45) is 5.73 Å². The molecule has 3 atom stereocenters. The molecular formula is C18H28N2O. The molecule has 3 heteroatoms. The van der Waals surface area contributed by atoms with E-state index in [9.17, 15) is 5.11 Å². The summed E-state index contributed by atoms with van der Waals surface area (Å²) in [6, 6.07) is 7.92. The Hall–Kier alpha value is -0.900. The number of rotatable bonds is 4. The molecule has 1 aromatic rings. The minimum atomic E-state index is -0.0770. The van der Waals surface area contributed by atoms with Crippen LogP contribution in [-0.2, 0) is 0 Å². The average Bonchev–Trinajstić information content (AvgIpc) is 2.65. The smallest absolute Gasteiger partial charge is 0.0570 e. The van der Waals surface area contributed by atoms with Crippen LogP contribution in [0.1, 0.15) is 54.8 Å². The standard InChI is InChI=1S/C18H28N2O/c1-12-7-13(2)9-14(8-12)18(19)5-6-20-15-3-4-16(20)11-17(21)10-15/h7-9,15-18,21H,3-6,10-11,19H2,1-2H3. The second kappa shape index (κ2) is 6.07. The van der Waals surface area contributed by atoms with Crippen molar-refractivity contribution < 1.29 is 5.11 Å². The first-order valence-electron chi connectivity index (χ1n) is 8.30. The first kappa shape index (κ1) is 15.0. The van der Waals surface area contributed by atoms with Crippen molar-refractivity contribution in [1.29, 1.82) is 0 Å².